The van der Waals surface area contributed by atoms with Crippen molar-refractivity contribution in [1.29, 1.82) is 0 Å². The van der Waals surface area contributed by atoms with E-state index < -0.39 is 12.1 Å². The molecule has 0 aliphatic rings. The second-order valence-corrected chi connectivity index (χ2v) is 7.52. The van der Waals surface area contributed by atoms with Crippen LogP contribution in [0.15, 0.2) is 46.9 Å². The van der Waals surface area contributed by atoms with Crippen LogP contribution in [0.25, 0.3) is 0 Å². The van der Waals surface area contributed by atoms with Gasteiger partial charge in [0.15, 0.2) is 5.16 Å². The molecule has 0 saturated heterocycles. The normalized spacial score (nSPS) is 12.0. The smallest absolute Gasteiger partial charge is 0.306 e. The van der Waals surface area contributed by atoms with E-state index in [9.17, 15) is 9.59 Å². The summed E-state index contributed by atoms with van der Waals surface area (Å²) >= 11 is 7.32. The Kier molecular flexibility index (Phi) is 7.05. The largest absolute Gasteiger partial charge is 0.455 e. The first kappa shape index (κ1) is 21.1. The number of nitrogens with one attached hydrogen (secondary N) is 1. The van der Waals surface area contributed by atoms with Crippen LogP contribution in [0.4, 0.5) is 0 Å². The maximum atomic E-state index is 12.5. The summed E-state index contributed by atoms with van der Waals surface area (Å²) in [6.45, 7) is 2.08. The molecule has 2 aromatic heterocycles. The molecule has 1 atom stereocenters. The molecule has 1 aromatic carbocycles. The Hall–Kier alpha value is -2.65. The number of aromatic amines is 1. The van der Waals surface area contributed by atoms with Gasteiger partial charge >= 0.3 is 5.97 Å². The monoisotopic (exact) mass is 433 g/mol. The zero-order chi connectivity index (χ0) is 20.8. The predicted octanol–water partition coefficient (Wildman–Crippen LogP) is 2.96. The van der Waals surface area contributed by atoms with E-state index in [2.05, 4.69) is 20.1 Å². The summed E-state index contributed by atoms with van der Waals surface area (Å²) in [4.78, 5) is 35.7. The molecule has 8 nitrogen and oxygen atoms in total. The highest BCUT2D eigenvalue weighted by molar-refractivity contribution is 7.98. The van der Waals surface area contributed by atoms with E-state index in [-0.39, 0.29) is 18.4 Å². The van der Waals surface area contributed by atoms with Gasteiger partial charge in [-0.2, -0.15) is 5.10 Å². The van der Waals surface area contributed by atoms with Crippen molar-refractivity contribution in [3.8, 4) is 0 Å². The van der Waals surface area contributed by atoms with Gasteiger partial charge in [-0.3, -0.25) is 9.59 Å². The van der Waals surface area contributed by atoms with Gasteiger partial charge in [0.05, 0.1) is 6.54 Å². The summed E-state index contributed by atoms with van der Waals surface area (Å²) in [7, 11) is 0. The maximum Gasteiger partial charge on any atom is 0.306 e. The zero-order valence-corrected chi connectivity index (χ0v) is 17.5. The van der Waals surface area contributed by atoms with E-state index in [1.165, 1.54) is 18.1 Å². The lowest BCUT2D eigenvalue weighted by atomic mass is 10.1. The number of rotatable bonds is 8. The quantitative estimate of drug-likeness (QED) is 0.331. The van der Waals surface area contributed by atoms with Crippen molar-refractivity contribution in [3.05, 3.63) is 69.1 Å². The standard InChI is InChI=1S/C19H20ClN5O3S/c1-12-15(18(27)24-19(23-12)29-2)7-8-17(26)28-16(9-25-11-21-10-22-25)13-3-5-14(20)6-4-13/h3-6,10-11,16H,7-9H2,1-2H3,(H,23,24,27)/t16-/m1/s1. The van der Waals surface area contributed by atoms with Crippen LogP contribution >= 0.6 is 23.4 Å². The molecule has 0 radical (unpaired) electrons. The second-order valence-electron chi connectivity index (χ2n) is 6.29. The number of aromatic nitrogens is 5. The number of halogens is 1. The first-order chi connectivity index (χ1) is 14.0. The van der Waals surface area contributed by atoms with Crippen molar-refractivity contribution < 1.29 is 9.53 Å². The molecule has 2 heterocycles. The molecule has 0 unspecified atom stereocenters. The molecule has 29 heavy (non-hydrogen) atoms. The van der Waals surface area contributed by atoms with Crippen LogP contribution in [-0.4, -0.2) is 37.0 Å². The molecule has 1 N–H and O–H groups in total. The topological polar surface area (TPSA) is 103 Å². The maximum absolute atomic E-state index is 12.5. The summed E-state index contributed by atoms with van der Waals surface area (Å²) in [6.07, 6.45) is 4.56. The number of esters is 1. The molecular weight excluding hydrogens is 414 g/mol. The van der Waals surface area contributed by atoms with Crippen LogP contribution in [0.5, 0.6) is 0 Å². The van der Waals surface area contributed by atoms with Crippen LogP contribution < -0.4 is 5.56 Å². The number of hydrogen-bond donors (Lipinski definition) is 1. The number of aryl methyl sites for hydroxylation is 1. The third kappa shape index (κ3) is 5.68. The number of carbonyl (C=O) groups is 1. The van der Waals surface area contributed by atoms with E-state index in [1.54, 1.807) is 42.2 Å². The average Bonchev–Trinajstić information content (AvgIpc) is 3.20. The Morgan fingerprint density at radius 2 is 2.10 bits per heavy atom. The van der Waals surface area contributed by atoms with Crippen molar-refractivity contribution in [2.75, 3.05) is 6.26 Å². The number of thioether (sulfide) groups is 1. The molecule has 0 fully saturated rings. The number of H-pyrrole nitrogens is 1. The van der Waals surface area contributed by atoms with E-state index in [1.807, 2.05) is 6.26 Å². The predicted molar refractivity (Wildman–Crippen MR) is 110 cm³/mol. The van der Waals surface area contributed by atoms with E-state index in [0.29, 0.717) is 28.0 Å². The van der Waals surface area contributed by atoms with Crippen molar-refractivity contribution in [3.63, 3.8) is 0 Å². The highest BCUT2D eigenvalue weighted by Gasteiger charge is 2.19. The lowest BCUT2D eigenvalue weighted by molar-refractivity contribution is -0.150. The van der Waals surface area contributed by atoms with E-state index in [0.717, 1.165) is 5.56 Å². The third-order valence-electron chi connectivity index (χ3n) is 4.31. The van der Waals surface area contributed by atoms with Gasteiger partial charge in [-0.1, -0.05) is 35.5 Å². The SMILES string of the molecule is CSc1nc(C)c(CCC(=O)O[C@H](Cn2cncn2)c2ccc(Cl)cc2)c(=O)[nH]1. The number of nitrogens with zero attached hydrogens (tertiary/aromatic N) is 4. The Morgan fingerprint density at radius 3 is 2.72 bits per heavy atom. The minimum atomic E-state index is -0.558. The van der Waals surface area contributed by atoms with Gasteiger partial charge in [0.2, 0.25) is 0 Å². The van der Waals surface area contributed by atoms with Gasteiger partial charge in [0, 0.05) is 22.7 Å². The van der Waals surface area contributed by atoms with Crippen molar-refractivity contribution in [2.24, 2.45) is 0 Å². The van der Waals surface area contributed by atoms with Crippen LogP contribution in [0.1, 0.15) is 29.3 Å². The van der Waals surface area contributed by atoms with E-state index in [4.69, 9.17) is 16.3 Å². The van der Waals surface area contributed by atoms with Crippen LogP contribution in [0.3, 0.4) is 0 Å². The molecule has 0 saturated carbocycles. The van der Waals surface area contributed by atoms with Gasteiger partial charge in [0.1, 0.15) is 18.8 Å². The summed E-state index contributed by atoms with van der Waals surface area (Å²) in [6, 6.07) is 7.08. The van der Waals surface area contributed by atoms with E-state index >= 15 is 0 Å². The Balaban J connectivity index is 1.70. The molecule has 0 spiro atoms. The van der Waals surface area contributed by atoms with Crippen molar-refractivity contribution in [2.45, 2.75) is 37.6 Å². The molecule has 0 aliphatic heterocycles. The van der Waals surface area contributed by atoms with Crippen LogP contribution in [0.2, 0.25) is 5.02 Å². The molecule has 0 aliphatic carbocycles. The molecular formula is C19H20ClN5O3S. The highest BCUT2D eigenvalue weighted by Crippen LogP contribution is 2.22. The first-order valence-corrected chi connectivity index (χ1v) is 10.5. The van der Waals surface area contributed by atoms with Crippen molar-refractivity contribution in [1.82, 2.24) is 24.7 Å². The van der Waals surface area contributed by atoms with Crippen LogP contribution in [0, 0.1) is 6.92 Å². The lowest BCUT2D eigenvalue weighted by Crippen LogP contribution is -2.21. The Bertz CT molecular complexity index is 1020. The van der Waals surface area contributed by atoms with Gasteiger partial charge < -0.3 is 9.72 Å². The summed E-state index contributed by atoms with van der Waals surface area (Å²) in [5.74, 6) is -0.419. The molecule has 0 bridgehead atoms. The Labute approximate surface area is 176 Å². The number of benzene rings is 1. The van der Waals surface area contributed by atoms with Crippen LogP contribution in [-0.2, 0) is 22.5 Å². The highest BCUT2D eigenvalue weighted by atomic mass is 35.5. The Morgan fingerprint density at radius 1 is 1.34 bits per heavy atom. The van der Waals surface area contributed by atoms with Gasteiger partial charge in [-0.15, -0.1) is 0 Å². The molecule has 152 valence electrons. The average molecular weight is 434 g/mol. The van der Waals surface area contributed by atoms with Gasteiger partial charge in [-0.05, 0) is 37.3 Å². The molecule has 10 heteroatoms. The second kappa shape index (κ2) is 9.71. The number of ether oxygens (including phenoxy) is 1. The third-order valence-corrected chi connectivity index (χ3v) is 5.14. The first-order valence-electron chi connectivity index (χ1n) is 8.87. The molecule has 3 rings (SSSR count). The fourth-order valence-corrected chi connectivity index (χ4v) is 3.35. The summed E-state index contributed by atoms with van der Waals surface area (Å²) < 4.78 is 7.28. The summed E-state index contributed by atoms with van der Waals surface area (Å²) in [5, 5.41) is 5.22. The minimum Gasteiger partial charge on any atom is -0.455 e. The fraction of sp³-hybridized carbons (Fsp3) is 0.316. The molecule has 3 aromatic rings. The fourth-order valence-electron chi connectivity index (χ4n) is 2.81. The minimum absolute atomic E-state index is 0.0612. The zero-order valence-electron chi connectivity index (χ0n) is 16.0. The molecule has 0 amide bonds. The summed E-state index contributed by atoms with van der Waals surface area (Å²) in [5.41, 5.74) is 1.66. The number of carbonyl (C=O) groups excluding carboxylic acids is 1. The van der Waals surface area contributed by atoms with Gasteiger partial charge in [0.25, 0.3) is 5.56 Å². The van der Waals surface area contributed by atoms with Gasteiger partial charge in [-0.25, -0.2) is 14.6 Å². The van der Waals surface area contributed by atoms with Crippen molar-refractivity contribution >= 4 is 29.3 Å². The number of hydrogen-bond acceptors (Lipinski definition) is 7. The lowest BCUT2D eigenvalue weighted by Gasteiger charge is -2.18.